The van der Waals surface area contributed by atoms with Gasteiger partial charge in [0, 0.05) is 25.2 Å². The lowest BCUT2D eigenvalue weighted by atomic mass is 9.88. The second-order valence-electron chi connectivity index (χ2n) is 5.41. The third kappa shape index (κ3) is 3.94. The van der Waals surface area contributed by atoms with Crippen LogP contribution in [0.1, 0.15) is 45.4 Å². The maximum absolute atomic E-state index is 5.40. The summed E-state index contributed by atoms with van der Waals surface area (Å²) in [6.07, 6.45) is 8.33. The number of rotatable bonds is 6. The van der Waals surface area contributed by atoms with Crippen molar-refractivity contribution in [3.8, 4) is 0 Å². The smallest absolute Gasteiger partial charge is 0.0590 e. The number of hydrogen-bond acceptors (Lipinski definition) is 3. The van der Waals surface area contributed by atoms with Crippen LogP contribution in [-0.4, -0.2) is 38.4 Å². The molecule has 0 spiro atoms. The summed E-state index contributed by atoms with van der Waals surface area (Å²) in [4.78, 5) is 0. The van der Waals surface area contributed by atoms with E-state index in [9.17, 15) is 0 Å². The average Bonchev–Trinajstić information content (AvgIpc) is 2.84. The first-order chi connectivity index (χ1) is 8.42. The molecular weight excluding hydrogens is 212 g/mol. The van der Waals surface area contributed by atoms with Crippen molar-refractivity contribution in [3.05, 3.63) is 0 Å². The summed E-state index contributed by atoms with van der Waals surface area (Å²) in [5, 5.41) is 7.42. The largest absolute Gasteiger partial charge is 0.380 e. The first-order valence-corrected chi connectivity index (χ1v) is 7.46. The first-order valence-electron chi connectivity index (χ1n) is 7.46. The van der Waals surface area contributed by atoms with E-state index in [2.05, 4.69) is 17.6 Å². The molecule has 1 saturated heterocycles. The molecule has 3 heteroatoms. The maximum Gasteiger partial charge on any atom is 0.0590 e. The minimum atomic E-state index is 0.728. The van der Waals surface area contributed by atoms with E-state index in [-0.39, 0.29) is 0 Å². The number of ether oxygens (including phenoxy) is 1. The molecule has 1 heterocycles. The Morgan fingerprint density at radius 1 is 1.18 bits per heavy atom. The molecule has 1 aliphatic carbocycles. The Hall–Kier alpha value is -0.120. The van der Waals surface area contributed by atoms with Gasteiger partial charge in [-0.3, -0.25) is 0 Å². The van der Waals surface area contributed by atoms with Crippen molar-refractivity contribution >= 4 is 0 Å². The van der Waals surface area contributed by atoms with Crippen molar-refractivity contribution in [2.75, 3.05) is 26.3 Å². The molecule has 2 aliphatic rings. The van der Waals surface area contributed by atoms with Gasteiger partial charge in [-0.05, 0) is 45.1 Å². The molecule has 0 aromatic rings. The van der Waals surface area contributed by atoms with Crippen molar-refractivity contribution in [3.63, 3.8) is 0 Å². The lowest BCUT2D eigenvalue weighted by molar-refractivity contribution is 0.142. The van der Waals surface area contributed by atoms with Crippen LogP contribution < -0.4 is 10.6 Å². The zero-order chi connectivity index (χ0) is 11.9. The van der Waals surface area contributed by atoms with E-state index >= 15 is 0 Å². The van der Waals surface area contributed by atoms with E-state index in [1.165, 1.54) is 45.1 Å². The summed E-state index contributed by atoms with van der Waals surface area (Å²) in [6, 6.07) is 1.50. The molecule has 0 radical (unpaired) electrons. The predicted molar refractivity (Wildman–Crippen MR) is 71.3 cm³/mol. The molecular formula is C14H28N2O. The second-order valence-corrected chi connectivity index (χ2v) is 5.41. The van der Waals surface area contributed by atoms with Gasteiger partial charge < -0.3 is 15.4 Å². The van der Waals surface area contributed by atoms with E-state index in [4.69, 9.17) is 4.74 Å². The normalized spacial score (nSPS) is 34.1. The highest BCUT2D eigenvalue weighted by molar-refractivity contribution is 4.92. The van der Waals surface area contributed by atoms with Crippen molar-refractivity contribution in [1.82, 2.24) is 10.6 Å². The molecule has 3 unspecified atom stereocenters. The fourth-order valence-electron chi connectivity index (χ4n) is 3.43. The molecule has 17 heavy (non-hydrogen) atoms. The summed E-state index contributed by atoms with van der Waals surface area (Å²) in [6.45, 7) is 6.00. The van der Waals surface area contributed by atoms with Gasteiger partial charge in [-0.15, -0.1) is 0 Å². The summed E-state index contributed by atoms with van der Waals surface area (Å²) in [7, 11) is 0. The highest BCUT2D eigenvalue weighted by Gasteiger charge is 2.33. The minimum Gasteiger partial charge on any atom is -0.380 e. The Morgan fingerprint density at radius 2 is 2.12 bits per heavy atom. The van der Waals surface area contributed by atoms with Crippen LogP contribution in [0.2, 0.25) is 0 Å². The average molecular weight is 240 g/mol. The number of nitrogens with one attached hydrogen (secondary N) is 2. The number of piperidine rings is 1. The highest BCUT2D eigenvalue weighted by atomic mass is 16.5. The summed E-state index contributed by atoms with van der Waals surface area (Å²) in [5.41, 5.74) is 0. The van der Waals surface area contributed by atoms with Gasteiger partial charge in [0.15, 0.2) is 0 Å². The van der Waals surface area contributed by atoms with Gasteiger partial charge in [0.1, 0.15) is 0 Å². The molecule has 1 saturated carbocycles. The molecule has 2 fully saturated rings. The molecule has 3 nitrogen and oxygen atoms in total. The molecule has 1 aliphatic heterocycles. The summed E-state index contributed by atoms with van der Waals surface area (Å²) in [5.74, 6) is 0.858. The van der Waals surface area contributed by atoms with Crippen molar-refractivity contribution in [2.45, 2.75) is 57.5 Å². The zero-order valence-electron chi connectivity index (χ0n) is 11.2. The van der Waals surface area contributed by atoms with Gasteiger partial charge in [0.05, 0.1) is 6.61 Å². The summed E-state index contributed by atoms with van der Waals surface area (Å²) >= 11 is 0. The van der Waals surface area contributed by atoms with Crippen LogP contribution >= 0.6 is 0 Å². The fraction of sp³-hybridized carbons (Fsp3) is 1.00. The molecule has 0 bridgehead atoms. The van der Waals surface area contributed by atoms with E-state index in [0.717, 1.165) is 37.8 Å². The van der Waals surface area contributed by atoms with E-state index in [0.29, 0.717) is 0 Å². The topological polar surface area (TPSA) is 33.3 Å². The second kappa shape index (κ2) is 7.34. The number of hydrogen-bond donors (Lipinski definition) is 2. The summed E-state index contributed by atoms with van der Waals surface area (Å²) < 4.78 is 5.40. The molecule has 0 aromatic carbocycles. The highest BCUT2D eigenvalue weighted by Crippen LogP contribution is 2.31. The van der Waals surface area contributed by atoms with Crippen LogP contribution in [0.5, 0.6) is 0 Å². The maximum atomic E-state index is 5.40. The lowest BCUT2D eigenvalue weighted by Gasteiger charge is -2.33. The van der Waals surface area contributed by atoms with Gasteiger partial charge in [0.25, 0.3) is 0 Å². The van der Waals surface area contributed by atoms with Crippen LogP contribution in [-0.2, 0) is 4.74 Å². The Kier molecular flexibility index (Phi) is 5.75. The molecule has 100 valence electrons. The fourth-order valence-corrected chi connectivity index (χ4v) is 3.43. The van der Waals surface area contributed by atoms with E-state index in [1.54, 1.807) is 0 Å². The minimum absolute atomic E-state index is 0.728. The van der Waals surface area contributed by atoms with Crippen LogP contribution in [0, 0.1) is 5.92 Å². The Bertz CT molecular complexity index is 204. The standard InChI is InChI=1S/C14H28N2O/c1-2-17-11-10-16-14-8-5-6-12(14)13-7-3-4-9-15-13/h12-16H,2-11H2,1H3. The van der Waals surface area contributed by atoms with Gasteiger partial charge in [-0.1, -0.05) is 12.8 Å². The lowest BCUT2D eigenvalue weighted by Crippen LogP contribution is -2.47. The van der Waals surface area contributed by atoms with Crippen molar-refractivity contribution in [1.29, 1.82) is 0 Å². The van der Waals surface area contributed by atoms with Crippen molar-refractivity contribution < 1.29 is 4.74 Å². The zero-order valence-corrected chi connectivity index (χ0v) is 11.2. The van der Waals surface area contributed by atoms with Gasteiger partial charge in [-0.25, -0.2) is 0 Å². The first kappa shape index (κ1) is 13.3. The van der Waals surface area contributed by atoms with Crippen LogP contribution in [0.4, 0.5) is 0 Å². The third-order valence-electron chi connectivity index (χ3n) is 4.29. The monoisotopic (exact) mass is 240 g/mol. The molecule has 2 rings (SSSR count). The van der Waals surface area contributed by atoms with Gasteiger partial charge in [-0.2, -0.15) is 0 Å². The van der Waals surface area contributed by atoms with Gasteiger partial charge >= 0.3 is 0 Å². The Morgan fingerprint density at radius 3 is 2.88 bits per heavy atom. The van der Waals surface area contributed by atoms with Crippen LogP contribution in [0.15, 0.2) is 0 Å². The van der Waals surface area contributed by atoms with E-state index < -0.39 is 0 Å². The Balaban J connectivity index is 1.72. The molecule has 0 aromatic heterocycles. The van der Waals surface area contributed by atoms with Crippen LogP contribution in [0.3, 0.4) is 0 Å². The van der Waals surface area contributed by atoms with Crippen LogP contribution in [0.25, 0.3) is 0 Å². The third-order valence-corrected chi connectivity index (χ3v) is 4.29. The predicted octanol–water partition coefficient (Wildman–Crippen LogP) is 1.92. The Labute approximate surface area is 106 Å². The SMILES string of the molecule is CCOCCNC1CCCC1C1CCCCN1. The van der Waals surface area contributed by atoms with Crippen molar-refractivity contribution in [2.24, 2.45) is 5.92 Å². The van der Waals surface area contributed by atoms with Gasteiger partial charge in [0.2, 0.25) is 0 Å². The quantitative estimate of drug-likeness (QED) is 0.696. The molecule has 3 atom stereocenters. The molecule has 0 amide bonds. The molecule has 2 N–H and O–H groups in total. The van der Waals surface area contributed by atoms with E-state index in [1.807, 2.05) is 0 Å².